The molecule has 0 bridgehead atoms. The molecule has 0 radical (unpaired) electrons. The Hall–Kier alpha value is -1.28. The smallest absolute Gasteiger partial charge is 0.218 e. The van der Waals surface area contributed by atoms with E-state index in [2.05, 4.69) is 9.88 Å². The largest absolute Gasteiger partial charge is 0.295 e. The lowest BCUT2D eigenvalue weighted by molar-refractivity contribution is 0.278. The topological polar surface area (TPSA) is 53.5 Å². The van der Waals surface area contributed by atoms with E-state index in [-0.39, 0.29) is 5.75 Å². The molecule has 124 valence electrons. The Kier molecular flexibility index (Phi) is 5.42. The van der Waals surface area contributed by atoms with Gasteiger partial charge in [0.1, 0.15) is 5.01 Å². The number of nitrogens with zero attached hydrogens (tertiary/aromatic N) is 3. The molecule has 2 heterocycles. The fraction of sp³-hybridized carbons (Fsp3) is 0.438. The summed E-state index contributed by atoms with van der Waals surface area (Å²) >= 11 is 1.65. The molecule has 7 heteroatoms. The first kappa shape index (κ1) is 16.6. The van der Waals surface area contributed by atoms with Crippen LogP contribution in [0.5, 0.6) is 0 Å². The lowest BCUT2D eigenvalue weighted by atomic mass is 10.2. The number of aromatic nitrogens is 1. The molecule has 0 spiro atoms. The number of benzene rings is 1. The summed E-state index contributed by atoms with van der Waals surface area (Å²) in [5.74, 6) is 0.0837. The van der Waals surface area contributed by atoms with Crippen LogP contribution in [0.25, 0.3) is 0 Å². The average Bonchev–Trinajstić information content (AvgIpc) is 2.91. The van der Waals surface area contributed by atoms with Crippen LogP contribution < -0.4 is 0 Å². The molecule has 1 aromatic heterocycles. The van der Waals surface area contributed by atoms with Crippen molar-refractivity contribution in [3.63, 3.8) is 0 Å². The minimum atomic E-state index is -3.25. The van der Waals surface area contributed by atoms with E-state index in [1.54, 1.807) is 15.6 Å². The number of hydrogen-bond acceptors (Lipinski definition) is 5. The quantitative estimate of drug-likeness (QED) is 0.828. The van der Waals surface area contributed by atoms with E-state index in [0.717, 1.165) is 36.6 Å². The van der Waals surface area contributed by atoms with Gasteiger partial charge in [-0.25, -0.2) is 17.7 Å². The van der Waals surface area contributed by atoms with E-state index in [1.807, 2.05) is 41.9 Å². The van der Waals surface area contributed by atoms with Crippen molar-refractivity contribution in [2.75, 3.05) is 26.2 Å². The maximum atomic E-state index is 12.6. The third-order valence-electron chi connectivity index (χ3n) is 3.98. The second-order valence-corrected chi connectivity index (χ2v) is 8.64. The van der Waals surface area contributed by atoms with Crippen LogP contribution >= 0.6 is 11.3 Å². The van der Waals surface area contributed by atoms with E-state index < -0.39 is 10.0 Å². The Morgan fingerprint density at radius 2 is 1.91 bits per heavy atom. The number of rotatable bonds is 5. The van der Waals surface area contributed by atoms with Crippen LogP contribution in [0.4, 0.5) is 0 Å². The van der Waals surface area contributed by atoms with Crippen LogP contribution in [-0.2, 0) is 22.3 Å². The summed E-state index contributed by atoms with van der Waals surface area (Å²) in [7, 11) is -3.25. The molecule has 1 fully saturated rings. The average molecular weight is 351 g/mol. The minimum absolute atomic E-state index is 0.0837. The van der Waals surface area contributed by atoms with Crippen molar-refractivity contribution >= 4 is 21.4 Å². The Morgan fingerprint density at radius 1 is 1.09 bits per heavy atom. The van der Waals surface area contributed by atoms with Gasteiger partial charge < -0.3 is 0 Å². The summed E-state index contributed by atoms with van der Waals surface area (Å²) in [6, 6.07) is 9.39. The first-order chi connectivity index (χ1) is 11.1. The van der Waals surface area contributed by atoms with Gasteiger partial charge in [0.25, 0.3) is 0 Å². The van der Waals surface area contributed by atoms with Crippen molar-refractivity contribution in [1.29, 1.82) is 0 Å². The Labute approximate surface area is 141 Å². The zero-order chi connectivity index (χ0) is 16.1. The van der Waals surface area contributed by atoms with Crippen LogP contribution in [0.1, 0.15) is 17.0 Å². The van der Waals surface area contributed by atoms with Crippen LogP contribution in [-0.4, -0.2) is 48.8 Å². The molecule has 0 amide bonds. The number of hydrogen-bond donors (Lipinski definition) is 0. The molecule has 0 saturated carbocycles. The van der Waals surface area contributed by atoms with Gasteiger partial charge in [-0.1, -0.05) is 30.3 Å². The van der Waals surface area contributed by atoms with Gasteiger partial charge in [-0.05, 0) is 18.5 Å². The third-order valence-corrected chi connectivity index (χ3v) is 6.59. The van der Waals surface area contributed by atoms with Gasteiger partial charge >= 0.3 is 0 Å². The summed E-state index contributed by atoms with van der Waals surface area (Å²) in [4.78, 5) is 6.60. The lowest BCUT2D eigenvalue weighted by Gasteiger charge is -2.21. The second kappa shape index (κ2) is 7.53. The maximum Gasteiger partial charge on any atom is 0.218 e. The summed E-state index contributed by atoms with van der Waals surface area (Å²) in [6.07, 6.45) is 2.67. The van der Waals surface area contributed by atoms with Gasteiger partial charge in [-0.15, -0.1) is 11.3 Å². The summed E-state index contributed by atoms with van der Waals surface area (Å²) in [5.41, 5.74) is 0.844. The van der Waals surface area contributed by atoms with E-state index >= 15 is 0 Å². The molecule has 0 unspecified atom stereocenters. The Bertz CT molecular complexity index is 702. The van der Waals surface area contributed by atoms with Crippen molar-refractivity contribution in [2.45, 2.75) is 18.7 Å². The van der Waals surface area contributed by atoms with Gasteiger partial charge in [-0.3, -0.25) is 4.90 Å². The van der Waals surface area contributed by atoms with Crippen LogP contribution in [0, 0.1) is 0 Å². The first-order valence-electron chi connectivity index (χ1n) is 7.76. The summed E-state index contributed by atoms with van der Waals surface area (Å²) in [6.45, 7) is 3.64. The Morgan fingerprint density at radius 3 is 2.65 bits per heavy atom. The van der Waals surface area contributed by atoms with Crippen LogP contribution in [0.15, 0.2) is 41.9 Å². The maximum absolute atomic E-state index is 12.6. The van der Waals surface area contributed by atoms with Crippen molar-refractivity contribution in [1.82, 2.24) is 14.2 Å². The van der Waals surface area contributed by atoms with Crippen molar-refractivity contribution < 1.29 is 8.42 Å². The molecular weight excluding hydrogens is 330 g/mol. The second-order valence-electron chi connectivity index (χ2n) is 5.70. The van der Waals surface area contributed by atoms with Gasteiger partial charge in [0.05, 0.1) is 12.3 Å². The molecule has 2 aromatic rings. The molecule has 0 aliphatic carbocycles. The van der Waals surface area contributed by atoms with E-state index in [4.69, 9.17) is 0 Å². The predicted molar refractivity (Wildman–Crippen MR) is 92.6 cm³/mol. The highest BCUT2D eigenvalue weighted by atomic mass is 32.2. The van der Waals surface area contributed by atoms with Gasteiger partial charge in [-0.2, -0.15) is 0 Å². The molecule has 23 heavy (non-hydrogen) atoms. The minimum Gasteiger partial charge on any atom is -0.295 e. The fourth-order valence-corrected chi connectivity index (χ4v) is 5.00. The molecule has 3 rings (SSSR count). The van der Waals surface area contributed by atoms with E-state index in [9.17, 15) is 8.42 Å². The van der Waals surface area contributed by atoms with Crippen LogP contribution in [0.3, 0.4) is 0 Å². The SMILES string of the molecule is O=S(=O)(Cc1ccccc1)N1CCCN(Cc2nccs2)CC1. The fourth-order valence-electron chi connectivity index (χ4n) is 2.78. The molecule has 5 nitrogen and oxygen atoms in total. The third kappa shape index (κ3) is 4.60. The monoisotopic (exact) mass is 351 g/mol. The Balaban J connectivity index is 1.60. The molecule has 1 saturated heterocycles. The zero-order valence-corrected chi connectivity index (χ0v) is 14.6. The van der Waals surface area contributed by atoms with Gasteiger partial charge in [0.2, 0.25) is 10.0 Å². The van der Waals surface area contributed by atoms with Crippen molar-refractivity contribution in [3.8, 4) is 0 Å². The van der Waals surface area contributed by atoms with Crippen molar-refractivity contribution in [3.05, 3.63) is 52.5 Å². The standard InChI is InChI=1S/C16H21N3O2S2/c20-23(21,14-15-5-2-1-3-6-15)19-9-4-8-18(10-11-19)13-16-17-7-12-22-16/h1-3,5-7,12H,4,8-11,13-14H2. The van der Waals surface area contributed by atoms with Gasteiger partial charge in [0.15, 0.2) is 0 Å². The lowest BCUT2D eigenvalue weighted by Crippen LogP contribution is -2.35. The highest BCUT2D eigenvalue weighted by molar-refractivity contribution is 7.88. The van der Waals surface area contributed by atoms with E-state index in [1.165, 1.54) is 0 Å². The molecule has 1 aliphatic heterocycles. The highest BCUT2D eigenvalue weighted by Crippen LogP contribution is 2.16. The summed E-state index contributed by atoms with van der Waals surface area (Å²) in [5, 5.41) is 3.06. The normalized spacial score (nSPS) is 17.9. The summed E-state index contributed by atoms with van der Waals surface area (Å²) < 4.78 is 26.9. The molecular formula is C16H21N3O2S2. The number of thiazole rings is 1. The molecule has 0 atom stereocenters. The number of sulfonamides is 1. The van der Waals surface area contributed by atoms with E-state index in [0.29, 0.717) is 13.1 Å². The molecule has 1 aliphatic rings. The first-order valence-corrected chi connectivity index (χ1v) is 10.2. The predicted octanol–water partition coefficient (Wildman–Crippen LogP) is 2.18. The van der Waals surface area contributed by atoms with Gasteiger partial charge in [0, 0.05) is 31.2 Å². The molecule has 1 aromatic carbocycles. The van der Waals surface area contributed by atoms with Crippen LogP contribution in [0.2, 0.25) is 0 Å². The zero-order valence-electron chi connectivity index (χ0n) is 13.0. The molecule has 0 N–H and O–H groups in total. The highest BCUT2D eigenvalue weighted by Gasteiger charge is 2.25. The van der Waals surface area contributed by atoms with Crippen molar-refractivity contribution in [2.24, 2.45) is 0 Å².